The van der Waals surface area contributed by atoms with E-state index < -0.39 is 0 Å². The molecule has 2 rings (SSSR count). The van der Waals surface area contributed by atoms with Crippen LogP contribution in [0.1, 0.15) is 24.8 Å². The van der Waals surface area contributed by atoms with Crippen LogP contribution in [0.5, 0.6) is 5.75 Å². The van der Waals surface area contributed by atoms with Crippen LogP contribution in [0.15, 0.2) is 24.3 Å². The summed E-state index contributed by atoms with van der Waals surface area (Å²) in [6.07, 6.45) is 0. The van der Waals surface area contributed by atoms with Crippen molar-refractivity contribution in [3.05, 3.63) is 29.3 Å². The van der Waals surface area contributed by atoms with E-state index >= 15 is 0 Å². The molecule has 2 aromatic rings. The summed E-state index contributed by atoms with van der Waals surface area (Å²) in [6.45, 7) is 4.25. The minimum atomic E-state index is -0.155. The Labute approximate surface area is 127 Å². The Morgan fingerprint density at radius 3 is 2.57 bits per heavy atom. The molecule has 0 aliphatic heterocycles. The lowest BCUT2D eigenvalue weighted by molar-refractivity contribution is -0.114. The smallest absolute Gasteiger partial charge is 0.245 e. The fourth-order valence-corrected chi connectivity index (χ4v) is 2.34. The van der Waals surface area contributed by atoms with Crippen LogP contribution in [0.4, 0.5) is 10.8 Å². The van der Waals surface area contributed by atoms with Gasteiger partial charge in [0.2, 0.25) is 11.0 Å². The molecule has 0 radical (unpaired) electrons. The summed E-state index contributed by atoms with van der Waals surface area (Å²) in [5, 5.41) is 15.2. The van der Waals surface area contributed by atoms with Crippen molar-refractivity contribution in [3.63, 3.8) is 0 Å². The van der Waals surface area contributed by atoms with E-state index in [0.29, 0.717) is 11.0 Å². The zero-order valence-electron chi connectivity index (χ0n) is 12.2. The fourth-order valence-electron chi connectivity index (χ4n) is 1.57. The highest BCUT2D eigenvalue weighted by molar-refractivity contribution is 7.15. The van der Waals surface area contributed by atoms with Gasteiger partial charge in [0, 0.05) is 11.6 Å². The van der Waals surface area contributed by atoms with Gasteiger partial charge in [0.15, 0.2) is 0 Å². The Bertz CT molecular complexity index is 595. The molecule has 2 N–H and O–H groups in total. The largest absolute Gasteiger partial charge is 0.497 e. The number of anilines is 2. The molecule has 7 heteroatoms. The van der Waals surface area contributed by atoms with Crippen molar-refractivity contribution in [1.29, 1.82) is 0 Å². The minimum Gasteiger partial charge on any atom is -0.497 e. The van der Waals surface area contributed by atoms with E-state index in [0.717, 1.165) is 16.4 Å². The molecule has 0 aliphatic carbocycles. The van der Waals surface area contributed by atoms with Crippen LogP contribution in [-0.4, -0.2) is 29.8 Å². The van der Waals surface area contributed by atoms with Crippen molar-refractivity contribution >= 4 is 28.1 Å². The zero-order valence-corrected chi connectivity index (χ0v) is 13.0. The highest BCUT2D eigenvalue weighted by Gasteiger charge is 2.10. The van der Waals surface area contributed by atoms with Crippen molar-refractivity contribution in [3.8, 4) is 5.75 Å². The quantitative estimate of drug-likeness (QED) is 0.858. The average molecular weight is 306 g/mol. The number of nitrogens with zero attached hydrogens (tertiary/aromatic N) is 2. The normalized spacial score (nSPS) is 10.5. The second-order valence-electron chi connectivity index (χ2n) is 4.73. The maximum atomic E-state index is 11.8. The molecule has 0 spiro atoms. The Kier molecular flexibility index (Phi) is 5.10. The molecule has 112 valence electrons. The van der Waals surface area contributed by atoms with Crippen LogP contribution in [0.3, 0.4) is 0 Å². The van der Waals surface area contributed by atoms with Crippen molar-refractivity contribution in [1.82, 2.24) is 10.2 Å². The van der Waals surface area contributed by atoms with Gasteiger partial charge in [0.25, 0.3) is 0 Å². The number of carbonyl (C=O) groups is 1. The average Bonchev–Trinajstić information content (AvgIpc) is 2.94. The predicted octanol–water partition coefficient (Wildman–Crippen LogP) is 2.72. The van der Waals surface area contributed by atoms with Gasteiger partial charge in [-0.2, -0.15) is 0 Å². The van der Waals surface area contributed by atoms with Crippen LogP contribution in [0.2, 0.25) is 0 Å². The van der Waals surface area contributed by atoms with E-state index in [2.05, 4.69) is 20.8 Å². The van der Waals surface area contributed by atoms with Crippen LogP contribution >= 0.6 is 11.3 Å². The highest BCUT2D eigenvalue weighted by atomic mass is 32.1. The maximum Gasteiger partial charge on any atom is 0.245 e. The standard InChI is InChI=1S/C14H18N4O2S/c1-9(2)13-17-18-14(21-13)16-12(19)8-15-10-4-6-11(20-3)7-5-10/h4-7,9,15H,8H2,1-3H3,(H,16,18,19). The first-order chi connectivity index (χ1) is 10.1. The molecule has 1 aromatic heterocycles. The summed E-state index contributed by atoms with van der Waals surface area (Å²) in [7, 11) is 1.61. The third-order valence-corrected chi connectivity index (χ3v) is 3.86. The van der Waals surface area contributed by atoms with E-state index in [9.17, 15) is 4.79 Å². The van der Waals surface area contributed by atoms with Crippen molar-refractivity contribution in [2.45, 2.75) is 19.8 Å². The monoisotopic (exact) mass is 306 g/mol. The summed E-state index contributed by atoms with van der Waals surface area (Å²) in [6, 6.07) is 7.38. The minimum absolute atomic E-state index is 0.155. The predicted molar refractivity (Wildman–Crippen MR) is 84.1 cm³/mol. The molecule has 1 heterocycles. The van der Waals surface area contributed by atoms with Crippen molar-refractivity contribution < 1.29 is 9.53 Å². The number of amides is 1. The van der Waals surface area contributed by atoms with Crippen LogP contribution in [0.25, 0.3) is 0 Å². The Hall–Kier alpha value is -2.15. The number of benzene rings is 1. The van der Waals surface area contributed by atoms with Gasteiger partial charge in [0.1, 0.15) is 10.8 Å². The molecule has 0 atom stereocenters. The summed E-state index contributed by atoms with van der Waals surface area (Å²) >= 11 is 1.40. The van der Waals surface area contributed by atoms with E-state index in [4.69, 9.17) is 4.74 Å². The van der Waals surface area contributed by atoms with E-state index in [-0.39, 0.29) is 12.5 Å². The van der Waals surface area contributed by atoms with Gasteiger partial charge in [-0.05, 0) is 24.3 Å². The van der Waals surface area contributed by atoms with Gasteiger partial charge in [-0.1, -0.05) is 25.2 Å². The zero-order chi connectivity index (χ0) is 15.2. The lowest BCUT2D eigenvalue weighted by Crippen LogP contribution is -2.21. The van der Waals surface area contributed by atoms with E-state index in [1.54, 1.807) is 7.11 Å². The number of ether oxygens (including phenoxy) is 1. The third-order valence-electron chi connectivity index (χ3n) is 2.72. The molecule has 0 fully saturated rings. The molecule has 1 aromatic carbocycles. The number of methoxy groups -OCH3 is 1. The number of nitrogens with one attached hydrogen (secondary N) is 2. The molecule has 1 amide bonds. The lowest BCUT2D eigenvalue weighted by Gasteiger charge is -2.06. The fraction of sp³-hybridized carbons (Fsp3) is 0.357. The van der Waals surface area contributed by atoms with Crippen LogP contribution in [-0.2, 0) is 4.79 Å². The van der Waals surface area contributed by atoms with E-state index in [1.165, 1.54) is 11.3 Å². The van der Waals surface area contributed by atoms with Gasteiger partial charge >= 0.3 is 0 Å². The number of hydrogen-bond acceptors (Lipinski definition) is 6. The van der Waals surface area contributed by atoms with E-state index in [1.807, 2.05) is 38.1 Å². The van der Waals surface area contributed by atoms with Gasteiger partial charge in [0.05, 0.1) is 13.7 Å². The van der Waals surface area contributed by atoms with Gasteiger partial charge in [-0.25, -0.2) is 0 Å². The summed E-state index contributed by atoms with van der Waals surface area (Å²) in [5.74, 6) is 0.933. The number of carbonyl (C=O) groups excluding carboxylic acids is 1. The summed E-state index contributed by atoms with van der Waals surface area (Å²) < 4.78 is 5.07. The lowest BCUT2D eigenvalue weighted by atomic mass is 10.2. The number of rotatable bonds is 6. The second-order valence-corrected chi connectivity index (χ2v) is 5.74. The van der Waals surface area contributed by atoms with Crippen molar-refractivity contribution in [2.75, 3.05) is 24.3 Å². The molecular weight excluding hydrogens is 288 g/mol. The first kappa shape index (κ1) is 15.2. The second kappa shape index (κ2) is 7.03. The molecule has 21 heavy (non-hydrogen) atoms. The first-order valence-corrected chi connectivity index (χ1v) is 7.41. The SMILES string of the molecule is COc1ccc(NCC(=O)Nc2nnc(C(C)C)s2)cc1. The summed E-state index contributed by atoms with van der Waals surface area (Å²) in [5.41, 5.74) is 0.853. The van der Waals surface area contributed by atoms with Gasteiger partial charge in [-0.15, -0.1) is 10.2 Å². The van der Waals surface area contributed by atoms with Gasteiger partial charge < -0.3 is 10.1 Å². The van der Waals surface area contributed by atoms with Crippen molar-refractivity contribution in [2.24, 2.45) is 0 Å². The maximum absolute atomic E-state index is 11.8. The number of aromatic nitrogens is 2. The number of hydrogen-bond donors (Lipinski definition) is 2. The Morgan fingerprint density at radius 2 is 2.00 bits per heavy atom. The molecule has 0 bridgehead atoms. The topological polar surface area (TPSA) is 76.1 Å². The highest BCUT2D eigenvalue weighted by Crippen LogP contribution is 2.22. The molecular formula is C14H18N4O2S. The van der Waals surface area contributed by atoms with Crippen LogP contribution < -0.4 is 15.4 Å². The molecule has 0 unspecified atom stereocenters. The molecule has 6 nitrogen and oxygen atoms in total. The van der Waals surface area contributed by atoms with Crippen LogP contribution in [0, 0.1) is 0 Å². The van der Waals surface area contributed by atoms with Gasteiger partial charge in [-0.3, -0.25) is 10.1 Å². The molecule has 0 saturated carbocycles. The molecule has 0 saturated heterocycles. The summed E-state index contributed by atoms with van der Waals surface area (Å²) in [4.78, 5) is 11.8. The Balaban J connectivity index is 1.83. The third kappa shape index (κ3) is 4.42. The Morgan fingerprint density at radius 1 is 1.29 bits per heavy atom. The molecule has 0 aliphatic rings. The first-order valence-electron chi connectivity index (χ1n) is 6.59.